The van der Waals surface area contributed by atoms with E-state index in [-0.39, 0.29) is 5.91 Å². The van der Waals surface area contributed by atoms with Crippen LogP contribution in [0.1, 0.15) is 16.1 Å². The van der Waals surface area contributed by atoms with E-state index in [0.717, 1.165) is 49.5 Å². The highest BCUT2D eigenvalue weighted by Gasteiger charge is 2.12. The summed E-state index contributed by atoms with van der Waals surface area (Å²) in [5.41, 5.74) is 6.86. The lowest BCUT2D eigenvalue weighted by atomic mass is 10.0. The number of amides is 1. The maximum atomic E-state index is 12.5. The molecule has 0 saturated carbocycles. The first-order valence-corrected chi connectivity index (χ1v) is 10.4. The Morgan fingerprint density at radius 1 is 1.11 bits per heavy atom. The number of hydrogen-bond donors (Lipinski definition) is 1. The van der Waals surface area contributed by atoms with Crippen molar-refractivity contribution in [1.82, 2.24) is 10.3 Å². The third-order valence-electron chi connectivity index (χ3n) is 4.85. The topological polar surface area (TPSA) is 54.5 Å². The first-order chi connectivity index (χ1) is 13.8. The van der Waals surface area contributed by atoms with E-state index in [1.165, 1.54) is 5.69 Å². The number of nitrogens with zero attached hydrogens (tertiary/aromatic N) is 2. The molecule has 1 fully saturated rings. The quantitative estimate of drug-likeness (QED) is 0.695. The monoisotopic (exact) mass is 393 g/mol. The van der Waals surface area contributed by atoms with Gasteiger partial charge in [-0.15, -0.1) is 11.3 Å². The number of hydrogen-bond acceptors (Lipinski definition) is 5. The molecule has 1 N–H and O–H groups in total. The van der Waals surface area contributed by atoms with Crippen molar-refractivity contribution in [2.75, 3.05) is 37.7 Å². The Bertz CT molecular complexity index is 904. The standard InChI is InChI=1S/C22H23N3O2S/c26-22(23-9-8-20-15-28-16-24-20)19-3-1-2-18(14-19)17-4-6-21(7-5-17)25-10-12-27-13-11-25/h1-7,14-16H,8-13H2,(H,23,26). The highest BCUT2D eigenvalue weighted by molar-refractivity contribution is 7.07. The molecule has 0 unspecified atom stereocenters. The van der Waals surface area contributed by atoms with Gasteiger partial charge in [0, 0.05) is 42.7 Å². The zero-order valence-corrected chi connectivity index (χ0v) is 16.5. The molecule has 0 radical (unpaired) electrons. The van der Waals surface area contributed by atoms with Crippen molar-refractivity contribution in [2.24, 2.45) is 0 Å². The smallest absolute Gasteiger partial charge is 0.251 e. The highest BCUT2D eigenvalue weighted by atomic mass is 32.1. The fraction of sp³-hybridized carbons (Fsp3) is 0.273. The van der Waals surface area contributed by atoms with Crippen LogP contribution in [0.5, 0.6) is 0 Å². The minimum atomic E-state index is -0.0537. The van der Waals surface area contributed by atoms with Crippen LogP contribution in [0.3, 0.4) is 0 Å². The van der Waals surface area contributed by atoms with Gasteiger partial charge in [-0.1, -0.05) is 24.3 Å². The number of morpholine rings is 1. The number of nitrogens with one attached hydrogen (secondary N) is 1. The van der Waals surface area contributed by atoms with Gasteiger partial charge in [0.05, 0.1) is 24.4 Å². The van der Waals surface area contributed by atoms with Gasteiger partial charge in [0.1, 0.15) is 0 Å². The minimum absolute atomic E-state index is 0.0537. The van der Waals surface area contributed by atoms with Crippen molar-refractivity contribution in [3.8, 4) is 11.1 Å². The van der Waals surface area contributed by atoms with E-state index < -0.39 is 0 Å². The van der Waals surface area contributed by atoms with Crippen LogP contribution in [0.2, 0.25) is 0 Å². The molecule has 1 amide bonds. The third-order valence-corrected chi connectivity index (χ3v) is 5.49. The van der Waals surface area contributed by atoms with Gasteiger partial charge in [-0.05, 0) is 35.4 Å². The van der Waals surface area contributed by atoms with Crippen LogP contribution >= 0.6 is 11.3 Å². The van der Waals surface area contributed by atoms with E-state index >= 15 is 0 Å². The molecule has 1 aliphatic rings. The molecule has 1 aliphatic heterocycles. The second-order valence-electron chi connectivity index (χ2n) is 6.71. The Kier molecular flexibility index (Phi) is 5.99. The number of carbonyl (C=O) groups excluding carboxylic acids is 1. The maximum Gasteiger partial charge on any atom is 0.251 e. The van der Waals surface area contributed by atoms with Gasteiger partial charge in [-0.2, -0.15) is 0 Å². The number of rotatable bonds is 6. The number of thiazole rings is 1. The molecule has 2 aromatic carbocycles. The van der Waals surface area contributed by atoms with Gasteiger partial charge in [-0.3, -0.25) is 4.79 Å². The minimum Gasteiger partial charge on any atom is -0.378 e. The normalized spacial score (nSPS) is 14.1. The lowest BCUT2D eigenvalue weighted by Gasteiger charge is -2.28. The van der Waals surface area contributed by atoms with E-state index in [1.807, 2.05) is 35.2 Å². The largest absolute Gasteiger partial charge is 0.378 e. The average Bonchev–Trinajstić information content (AvgIpc) is 3.28. The third kappa shape index (κ3) is 4.58. The predicted molar refractivity (Wildman–Crippen MR) is 113 cm³/mol. The summed E-state index contributed by atoms with van der Waals surface area (Å²) in [6.45, 7) is 4.00. The first-order valence-electron chi connectivity index (χ1n) is 9.48. The van der Waals surface area contributed by atoms with Crippen LogP contribution in [-0.2, 0) is 11.2 Å². The van der Waals surface area contributed by atoms with Crippen molar-refractivity contribution < 1.29 is 9.53 Å². The Balaban J connectivity index is 1.40. The van der Waals surface area contributed by atoms with Gasteiger partial charge >= 0.3 is 0 Å². The summed E-state index contributed by atoms with van der Waals surface area (Å²) in [7, 11) is 0. The van der Waals surface area contributed by atoms with E-state index in [9.17, 15) is 4.79 Å². The Morgan fingerprint density at radius 3 is 2.68 bits per heavy atom. The molecule has 1 aromatic heterocycles. The van der Waals surface area contributed by atoms with Crippen molar-refractivity contribution >= 4 is 22.9 Å². The summed E-state index contributed by atoms with van der Waals surface area (Å²) >= 11 is 1.57. The van der Waals surface area contributed by atoms with Crippen LogP contribution in [0.15, 0.2) is 59.4 Å². The SMILES string of the molecule is O=C(NCCc1cscn1)c1cccc(-c2ccc(N3CCOCC3)cc2)c1. The molecule has 144 valence electrons. The summed E-state index contributed by atoms with van der Waals surface area (Å²) in [5.74, 6) is -0.0537. The molecule has 1 saturated heterocycles. The molecule has 0 atom stereocenters. The van der Waals surface area contributed by atoms with Gasteiger partial charge in [-0.25, -0.2) is 4.98 Å². The number of anilines is 1. The van der Waals surface area contributed by atoms with E-state index in [0.29, 0.717) is 12.1 Å². The van der Waals surface area contributed by atoms with E-state index in [2.05, 4.69) is 39.5 Å². The fourth-order valence-electron chi connectivity index (χ4n) is 3.29. The summed E-state index contributed by atoms with van der Waals surface area (Å²) in [4.78, 5) is 19.0. The van der Waals surface area contributed by atoms with Gasteiger partial charge < -0.3 is 15.0 Å². The van der Waals surface area contributed by atoms with Gasteiger partial charge in [0.2, 0.25) is 0 Å². The fourth-order valence-corrected chi connectivity index (χ4v) is 3.89. The number of aromatic nitrogens is 1. The van der Waals surface area contributed by atoms with Crippen molar-refractivity contribution in [3.63, 3.8) is 0 Å². The molecule has 28 heavy (non-hydrogen) atoms. The number of benzene rings is 2. The molecule has 0 bridgehead atoms. The second-order valence-corrected chi connectivity index (χ2v) is 7.43. The molecule has 2 heterocycles. The molecule has 3 aromatic rings. The average molecular weight is 394 g/mol. The predicted octanol–water partition coefficient (Wildman–Crippen LogP) is 3.62. The molecule has 0 spiro atoms. The van der Waals surface area contributed by atoms with Crippen molar-refractivity contribution in [1.29, 1.82) is 0 Å². The van der Waals surface area contributed by atoms with E-state index in [4.69, 9.17) is 4.74 Å². The molecule has 5 nitrogen and oxygen atoms in total. The van der Waals surface area contributed by atoms with Gasteiger partial charge in [0.25, 0.3) is 5.91 Å². The first kappa shape index (κ1) is 18.7. The molecule has 6 heteroatoms. The molecule has 4 rings (SSSR count). The van der Waals surface area contributed by atoms with Crippen LogP contribution in [0, 0.1) is 0 Å². The van der Waals surface area contributed by atoms with Crippen LogP contribution in [-0.4, -0.2) is 43.7 Å². The zero-order chi connectivity index (χ0) is 19.2. The maximum absolute atomic E-state index is 12.5. The lowest BCUT2D eigenvalue weighted by Crippen LogP contribution is -2.36. The van der Waals surface area contributed by atoms with E-state index in [1.54, 1.807) is 11.3 Å². The van der Waals surface area contributed by atoms with Gasteiger partial charge in [0.15, 0.2) is 0 Å². The summed E-state index contributed by atoms with van der Waals surface area (Å²) in [6.07, 6.45) is 0.748. The van der Waals surface area contributed by atoms with Crippen molar-refractivity contribution in [2.45, 2.75) is 6.42 Å². The summed E-state index contributed by atoms with van der Waals surface area (Å²) in [5, 5.41) is 4.98. The highest BCUT2D eigenvalue weighted by Crippen LogP contribution is 2.24. The second kappa shape index (κ2) is 8.99. The lowest BCUT2D eigenvalue weighted by molar-refractivity contribution is 0.0954. The summed E-state index contributed by atoms with van der Waals surface area (Å²) in [6, 6.07) is 16.3. The molecule has 0 aliphatic carbocycles. The van der Waals surface area contributed by atoms with Crippen molar-refractivity contribution in [3.05, 3.63) is 70.7 Å². The van der Waals surface area contributed by atoms with Crippen LogP contribution in [0.4, 0.5) is 5.69 Å². The Hall–Kier alpha value is -2.70. The molecular formula is C22H23N3O2S. The van der Waals surface area contributed by atoms with Crippen LogP contribution in [0.25, 0.3) is 11.1 Å². The number of ether oxygens (including phenoxy) is 1. The summed E-state index contributed by atoms with van der Waals surface area (Å²) < 4.78 is 5.42. The number of carbonyl (C=O) groups is 1. The Morgan fingerprint density at radius 2 is 1.93 bits per heavy atom. The van der Waals surface area contributed by atoms with Crippen LogP contribution < -0.4 is 10.2 Å². The Labute approximate surface area is 169 Å². The zero-order valence-electron chi connectivity index (χ0n) is 15.6. The molecular weight excluding hydrogens is 370 g/mol.